The van der Waals surface area contributed by atoms with Crippen molar-refractivity contribution in [2.45, 2.75) is 32.4 Å². The Morgan fingerprint density at radius 3 is 2.73 bits per heavy atom. The van der Waals surface area contributed by atoms with Gasteiger partial charge in [0, 0.05) is 18.8 Å². The van der Waals surface area contributed by atoms with Gasteiger partial charge in [0.1, 0.15) is 6.54 Å². The lowest BCUT2D eigenvalue weighted by atomic mass is 9.99. The van der Waals surface area contributed by atoms with Gasteiger partial charge in [-0.3, -0.25) is 9.59 Å². The lowest BCUT2D eigenvalue weighted by molar-refractivity contribution is -0.132. The number of rotatable bonds is 3. The third-order valence-electron chi connectivity index (χ3n) is 4.33. The third-order valence-corrected chi connectivity index (χ3v) is 4.33. The number of pyridine rings is 1. The van der Waals surface area contributed by atoms with Crippen molar-refractivity contribution < 1.29 is 4.79 Å². The van der Waals surface area contributed by atoms with Crippen LogP contribution in [0.2, 0.25) is 0 Å². The fourth-order valence-electron chi connectivity index (χ4n) is 3.18. The molecule has 1 saturated heterocycles. The lowest BCUT2D eigenvalue weighted by Crippen LogP contribution is -2.36. The van der Waals surface area contributed by atoms with E-state index in [0.29, 0.717) is 0 Å². The largest absolute Gasteiger partial charge is 0.334 e. The second kappa shape index (κ2) is 6.18. The zero-order valence-electron chi connectivity index (χ0n) is 12.7. The number of hydrogen-bond acceptors (Lipinski definition) is 2. The van der Waals surface area contributed by atoms with Crippen molar-refractivity contribution in [3.05, 3.63) is 70.1 Å². The zero-order chi connectivity index (χ0) is 15.5. The summed E-state index contributed by atoms with van der Waals surface area (Å²) in [6.45, 7) is 2.96. The Hall–Kier alpha value is -2.36. The Bertz CT molecular complexity index is 736. The van der Waals surface area contributed by atoms with E-state index in [0.717, 1.165) is 19.4 Å². The van der Waals surface area contributed by atoms with Crippen LogP contribution in [-0.4, -0.2) is 21.9 Å². The Kier molecular flexibility index (Phi) is 4.09. The van der Waals surface area contributed by atoms with Crippen LogP contribution in [0.3, 0.4) is 0 Å². The van der Waals surface area contributed by atoms with E-state index in [4.69, 9.17) is 0 Å². The van der Waals surface area contributed by atoms with Crippen LogP contribution < -0.4 is 5.56 Å². The van der Waals surface area contributed by atoms with E-state index in [2.05, 4.69) is 19.1 Å². The minimum Gasteiger partial charge on any atom is -0.334 e. The van der Waals surface area contributed by atoms with Crippen molar-refractivity contribution in [2.75, 3.05) is 6.54 Å². The van der Waals surface area contributed by atoms with Crippen molar-refractivity contribution in [3.63, 3.8) is 0 Å². The van der Waals surface area contributed by atoms with Gasteiger partial charge < -0.3 is 9.47 Å². The van der Waals surface area contributed by atoms with Crippen LogP contribution >= 0.6 is 0 Å². The van der Waals surface area contributed by atoms with E-state index in [9.17, 15) is 9.59 Å². The molecule has 0 aliphatic carbocycles. The van der Waals surface area contributed by atoms with Gasteiger partial charge in [0.25, 0.3) is 5.56 Å². The number of aryl methyl sites for hydroxylation is 1. The first kappa shape index (κ1) is 14.6. The number of benzene rings is 1. The van der Waals surface area contributed by atoms with Crippen molar-refractivity contribution in [1.82, 2.24) is 9.47 Å². The molecule has 0 radical (unpaired) electrons. The van der Waals surface area contributed by atoms with Crippen molar-refractivity contribution >= 4 is 5.91 Å². The SMILES string of the molecule is Cc1ccccc1[C@H]1CCCN1C(=O)Cn1ccccc1=O. The van der Waals surface area contributed by atoms with Crippen LogP contribution in [0.25, 0.3) is 0 Å². The van der Waals surface area contributed by atoms with Crippen LogP contribution in [0.4, 0.5) is 0 Å². The summed E-state index contributed by atoms with van der Waals surface area (Å²) in [6.07, 6.45) is 3.66. The lowest BCUT2D eigenvalue weighted by Gasteiger charge is -2.26. The van der Waals surface area contributed by atoms with Crippen LogP contribution in [0.1, 0.15) is 30.0 Å². The maximum absolute atomic E-state index is 12.6. The average Bonchev–Trinajstić information content (AvgIpc) is 2.99. The van der Waals surface area contributed by atoms with E-state index in [1.165, 1.54) is 21.8 Å². The fourth-order valence-corrected chi connectivity index (χ4v) is 3.18. The summed E-state index contributed by atoms with van der Waals surface area (Å²) >= 11 is 0. The minimum atomic E-state index is -0.137. The quantitative estimate of drug-likeness (QED) is 0.873. The molecule has 1 aliphatic rings. The number of carbonyl (C=O) groups excluding carboxylic acids is 1. The molecular formula is C18H20N2O2. The number of nitrogens with zero attached hydrogens (tertiary/aromatic N) is 2. The number of amides is 1. The molecule has 0 saturated carbocycles. The van der Waals surface area contributed by atoms with Crippen molar-refractivity contribution in [1.29, 1.82) is 0 Å². The molecule has 1 amide bonds. The number of aromatic nitrogens is 1. The normalized spacial score (nSPS) is 17.7. The molecule has 4 heteroatoms. The number of likely N-dealkylation sites (tertiary alicyclic amines) is 1. The third kappa shape index (κ3) is 2.82. The smallest absolute Gasteiger partial charge is 0.250 e. The molecule has 2 heterocycles. The van der Waals surface area contributed by atoms with Crippen LogP contribution in [0, 0.1) is 6.92 Å². The predicted octanol–water partition coefficient (Wildman–Crippen LogP) is 2.52. The van der Waals surface area contributed by atoms with Gasteiger partial charge in [0.05, 0.1) is 6.04 Å². The summed E-state index contributed by atoms with van der Waals surface area (Å²) in [6, 6.07) is 13.3. The molecule has 0 N–H and O–H groups in total. The van der Waals surface area contributed by atoms with Gasteiger partial charge in [0.15, 0.2) is 0 Å². The molecule has 1 aliphatic heterocycles. The first-order valence-electron chi connectivity index (χ1n) is 7.67. The molecule has 3 rings (SSSR count). The maximum atomic E-state index is 12.6. The highest BCUT2D eigenvalue weighted by molar-refractivity contribution is 5.77. The topological polar surface area (TPSA) is 42.3 Å². The van der Waals surface area contributed by atoms with Crippen LogP contribution in [0.5, 0.6) is 0 Å². The van der Waals surface area contributed by atoms with Gasteiger partial charge in [-0.1, -0.05) is 30.3 Å². The Morgan fingerprint density at radius 1 is 1.18 bits per heavy atom. The highest BCUT2D eigenvalue weighted by atomic mass is 16.2. The predicted molar refractivity (Wildman–Crippen MR) is 85.6 cm³/mol. The highest BCUT2D eigenvalue weighted by Gasteiger charge is 2.30. The molecule has 1 fully saturated rings. The number of hydrogen-bond donors (Lipinski definition) is 0. The van der Waals surface area contributed by atoms with Gasteiger partial charge in [-0.15, -0.1) is 0 Å². The van der Waals surface area contributed by atoms with Crippen molar-refractivity contribution in [2.24, 2.45) is 0 Å². The standard InChI is InChI=1S/C18H20N2O2/c1-14-7-2-3-8-15(14)16-9-6-12-20(16)18(22)13-19-11-5-4-10-17(19)21/h2-5,7-8,10-11,16H,6,9,12-13H2,1H3/t16-/m1/s1. The molecule has 0 spiro atoms. The summed E-state index contributed by atoms with van der Waals surface area (Å²) in [5, 5.41) is 0. The first-order chi connectivity index (χ1) is 10.7. The average molecular weight is 296 g/mol. The zero-order valence-corrected chi connectivity index (χ0v) is 12.7. The van der Waals surface area contributed by atoms with Gasteiger partial charge in [-0.25, -0.2) is 0 Å². The molecule has 1 aromatic heterocycles. The number of carbonyl (C=O) groups is 1. The van der Waals surface area contributed by atoms with E-state index >= 15 is 0 Å². The summed E-state index contributed by atoms with van der Waals surface area (Å²) in [5.41, 5.74) is 2.29. The monoisotopic (exact) mass is 296 g/mol. The summed E-state index contributed by atoms with van der Waals surface area (Å²) < 4.78 is 1.47. The van der Waals surface area contributed by atoms with Gasteiger partial charge in [0.2, 0.25) is 5.91 Å². The Morgan fingerprint density at radius 2 is 1.95 bits per heavy atom. The van der Waals surface area contributed by atoms with Gasteiger partial charge in [-0.05, 0) is 37.0 Å². The molecule has 0 unspecified atom stereocenters. The van der Waals surface area contributed by atoms with E-state index in [1.807, 2.05) is 17.0 Å². The summed E-state index contributed by atoms with van der Waals surface area (Å²) in [5.74, 6) is 0.0130. The molecule has 0 bridgehead atoms. The molecule has 114 valence electrons. The second-order valence-corrected chi connectivity index (χ2v) is 5.77. The maximum Gasteiger partial charge on any atom is 0.250 e. The van der Waals surface area contributed by atoms with Gasteiger partial charge in [-0.2, -0.15) is 0 Å². The van der Waals surface area contributed by atoms with E-state index in [1.54, 1.807) is 18.3 Å². The fraction of sp³-hybridized carbons (Fsp3) is 0.333. The molecular weight excluding hydrogens is 276 g/mol. The van der Waals surface area contributed by atoms with E-state index < -0.39 is 0 Å². The summed E-state index contributed by atoms with van der Waals surface area (Å²) in [4.78, 5) is 26.3. The molecule has 22 heavy (non-hydrogen) atoms. The molecule has 4 nitrogen and oxygen atoms in total. The molecule has 1 atom stereocenters. The van der Waals surface area contributed by atoms with Crippen LogP contribution in [0.15, 0.2) is 53.5 Å². The first-order valence-corrected chi connectivity index (χ1v) is 7.67. The Labute approximate surface area is 130 Å². The highest BCUT2D eigenvalue weighted by Crippen LogP contribution is 2.33. The molecule has 1 aromatic carbocycles. The van der Waals surface area contributed by atoms with Crippen molar-refractivity contribution in [3.8, 4) is 0 Å². The minimum absolute atomic E-state index is 0.0130. The summed E-state index contributed by atoms with van der Waals surface area (Å²) in [7, 11) is 0. The van der Waals surface area contributed by atoms with Crippen LogP contribution in [-0.2, 0) is 11.3 Å². The Balaban J connectivity index is 1.81. The second-order valence-electron chi connectivity index (χ2n) is 5.77. The molecule has 2 aromatic rings. The van der Waals surface area contributed by atoms with Gasteiger partial charge >= 0.3 is 0 Å². The van der Waals surface area contributed by atoms with E-state index in [-0.39, 0.29) is 24.1 Å².